The fraction of sp³-hybridized carbons (Fsp3) is 0.571. The zero-order chi connectivity index (χ0) is 21.3. The van der Waals surface area contributed by atoms with Crippen molar-refractivity contribution >= 4 is 29.4 Å². The van der Waals surface area contributed by atoms with Gasteiger partial charge in [-0.15, -0.1) is 23.5 Å². The smallest absolute Gasteiger partial charge is 0.175 e. The molecule has 154 valence electrons. The summed E-state index contributed by atoms with van der Waals surface area (Å²) in [5, 5.41) is 20.7. The second-order valence-corrected chi connectivity index (χ2v) is 10.0. The minimum absolute atomic E-state index is 0.264. The number of methoxy groups -OCH3 is 2. The molecular formula is C21H26N4O2S2. The van der Waals surface area contributed by atoms with Gasteiger partial charge in [0.05, 0.1) is 26.4 Å². The number of hydrogen-bond donors (Lipinski definition) is 1. The van der Waals surface area contributed by atoms with Crippen molar-refractivity contribution in [2.75, 3.05) is 25.7 Å². The summed E-state index contributed by atoms with van der Waals surface area (Å²) < 4.78 is 10.0. The van der Waals surface area contributed by atoms with E-state index in [1.807, 2.05) is 12.1 Å². The lowest BCUT2D eigenvalue weighted by Crippen LogP contribution is -2.32. The molecule has 1 aromatic rings. The Hall–Kier alpha value is -2.03. The number of hydrogen-bond acceptors (Lipinski definition) is 8. The van der Waals surface area contributed by atoms with E-state index in [1.54, 1.807) is 43.8 Å². The number of aliphatic imine (C=N–C) groups is 1. The normalized spacial score (nSPS) is 28.6. The molecule has 8 heteroatoms. The number of ether oxygens (including phenoxy) is 2. The van der Waals surface area contributed by atoms with Crippen molar-refractivity contribution in [1.29, 1.82) is 10.5 Å². The van der Waals surface area contributed by atoms with Crippen LogP contribution in [-0.2, 0) is 0 Å². The molecule has 0 bridgehead atoms. The average Bonchev–Trinajstić information content (AvgIpc) is 3.34. The maximum atomic E-state index is 10.5. The van der Waals surface area contributed by atoms with E-state index in [-0.39, 0.29) is 11.8 Å². The van der Waals surface area contributed by atoms with E-state index in [0.717, 1.165) is 29.9 Å². The second kappa shape index (κ2) is 8.01. The maximum Gasteiger partial charge on any atom is 0.175 e. The van der Waals surface area contributed by atoms with Gasteiger partial charge in [-0.25, -0.2) is 4.99 Å². The molecule has 3 unspecified atom stereocenters. The number of nitrogens with zero attached hydrogens (tertiary/aromatic N) is 3. The van der Waals surface area contributed by atoms with Crippen molar-refractivity contribution < 1.29 is 9.47 Å². The molecule has 3 rings (SSSR count). The van der Waals surface area contributed by atoms with Crippen LogP contribution in [0, 0.1) is 33.5 Å². The monoisotopic (exact) mass is 430 g/mol. The molecular weight excluding hydrogens is 404 g/mol. The zero-order valence-electron chi connectivity index (χ0n) is 17.2. The van der Waals surface area contributed by atoms with Gasteiger partial charge in [-0.2, -0.15) is 10.5 Å². The van der Waals surface area contributed by atoms with E-state index in [4.69, 9.17) is 20.2 Å². The first-order valence-corrected chi connectivity index (χ1v) is 11.6. The Labute approximate surface area is 180 Å². The van der Waals surface area contributed by atoms with Crippen molar-refractivity contribution in [3.63, 3.8) is 0 Å². The van der Waals surface area contributed by atoms with Crippen LogP contribution in [0.25, 0.3) is 0 Å². The molecule has 2 aliphatic rings. The minimum Gasteiger partial charge on any atom is -0.497 e. The Bertz CT molecular complexity index is 877. The predicted octanol–water partition coefficient (Wildman–Crippen LogP) is 4.13. The quantitative estimate of drug-likeness (QED) is 0.587. The number of amidine groups is 1. The second-order valence-electron chi connectivity index (χ2n) is 7.19. The molecule has 0 aromatic heterocycles. The molecule has 1 saturated carbocycles. The first kappa shape index (κ1) is 21.7. The molecule has 3 atom stereocenters. The molecule has 1 aliphatic heterocycles. The fourth-order valence-corrected chi connectivity index (χ4v) is 7.56. The van der Waals surface area contributed by atoms with Crippen LogP contribution in [0.1, 0.15) is 38.2 Å². The van der Waals surface area contributed by atoms with Crippen LogP contribution in [0.3, 0.4) is 0 Å². The van der Waals surface area contributed by atoms with Gasteiger partial charge in [0, 0.05) is 12.0 Å². The van der Waals surface area contributed by atoms with E-state index >= 15 is 0 Å². The molecule has 1 heterocycles. The van der Waals surface area contributed by atoms with Crippen LogP contribution in [0.15, 0.2) is 23.2 Å². The number of nitriles is 2. The Kier molecular flexibility index (Phi) is 5.98. The van der Waals surface area contributed by atoms with Crippen molar-refractivity contribution in [1.82, 2.24) is 0 Å². The van der Waals surface area contributed by atoms with Crippen molar-refractivity contribution in [3.8, 4) is 23.6 Å². The third kappa shape index (κ3) is 2.80. The first-order valence-electron chi connectivity index (χ1n) is 9.66. The van der Waals surface area contributed by atoms with Crippen LogP contribution < -0.4 is 15.2 Å². The summed E-state index contributed by atoms with van der Waals surface area (Å²) in [6.07, 6.45) is 1.90. The van der Waals surface area contributed by atoms with Gasteiger partial charge in [0.1, 0.15) is 28.2 Å². The van der Waals surface area contributed by atoms with Crippen LogP contribution in [0.4, 0.5) is 0 Å². The standard InChI is InChI=1S/C21H26N4O2S2/c1-5-7-28-21(29-8-6-2)20(13-23)17(19(20,12-22)18(24)25-21)14-9-15(26-3)11-16(10-14)27-4/h9-11,17H,5-8H2,1-4H3,(H2,24,25). The molecule has 2 N–H and O–H groups in total. The third-order valence-electron chi connectivity index (χ3n) is 5.64. The number of benzene rings is 1. The molecule has 29 heavy (non-hydrogen) atoms. The van der Waals surface area contributed by atoms with Gasteiger partial charge in [-0.1, -0.05) is 13.8 Å². The average molecular weight is 431 g/mol. The fourth-order valence-electron chi connectivity index (χ4n) is 4.34. The highest BCUT2D eigenvalue weighted by Gasteiger charge is 2.92. The van der Waals surface area contributed by atoms with E-state index < -0.39 is 15.0 Å². The third-order valence-corrected chi connectivity index (χ3v) is 9.18. The van der Waals surface area contributed by atoms with Crippen LogP contribution in [0.2, 0.25) is 0 Å². The molecule has 1 aromatic carbocycles. The largest absolute Gasteiger partial charge is 0.497 e. The van der Waals surface area contributed by atoms with Crippen LogP contribution in [0.5, 0.6) is 11.5 Å². The summed E-state index contributed by atoms with van der Waals surface area (Å²) in [7, 11) is 3.17. The van der Waals surface area contributed by atoms with Gasteiger partial charge in [0.25, 0.3) is 0 Å². The summed E-state index contributed by atoms with van der Waals surface area (Å²) in [5.41, 5.74) is 5.05. The summed E-state index contributed by atoms with van der Waals surface area (Å²) in [5.74, 6) is 2.79. The van der Waals surface area contributed by atoms with E-state index in [0.29, 0.717) is 11.5 Å². The van der Waals surface area contributed by atoms with E-state index in [2.05, 4.69) is 26.0 Å². The number of nitrogens with two attached hydrogens (primary N) is 1. The highest BCUT2D eigenvalue weighted by atomic mass is 32.2. The van der Waals surface area contributed by atoms with Gasteiger partial charge < -0.3 is 15.2 Å². The number of rotatable bonds is 9. The Morgan fingerprint density at radius 2 is 1.59 bits per heavy atom. The molecule has 0 spiro atoms. The van der Waals surface area contributed by atoms with Gasteiger partial charge in [0.2, 0.25) is 0 Å². The summed E-state index contributed by atoms with van der Waals surface area (Å²) in [4.78, 5) is 4.79. The van der Waals surface area contributed by atoms with Gasteiger partial charge in [0.15, 0.2) is 4.20 Å². The Morgan fingerprint density at radius 1 is 1.03 bits per heavy atom. The Balaban J connectivity index is 2.20. The highest BCUT2D eigenvalue weighted by molar-refractivity contribution is 8.18. The summed E-state index contributed by atoms with van der Waals surface area (Å²) in [6, 6.07) is 10.5. The van der Waals surface area contributed by atoms with Crippen molar-refractivity contribution in [2.45, 2.75) is 36.8 Å². The predicted molar refractivity (Wildman–Crippen MR) is 118 cm³/mol. The lowest BCUT2D eigenvalue weighted by atomic mass is 9.97. The van der Waals surface area contributed by atoms with E-state index in [9.17, 15) is 10.5 Å². The molecule has 0 radical (unpaired) electrons. The molecule has 0 saturated heterocycles. The number of fused-ring (bicyclic) bond motifs is 1. The van der Waals surface area contributed by atoms with Gasteiger partial charge >= 0.3 is 0 Å². The Morgan fingerprint density at radius 3 is 2.00 bits per heavy atom. The van der Waals surface area contributed by atoms with Crippen LogP contribution >= 0.6 is 23.5 Å². The van der Waals surface area contributed by atoms with Gasteiger partial charge in [-0.3, -0.25) is 0 Å². The number of thioether (sulfide) groups is 2. The SMILES string of the molecule is CCCSC1(SCCC)N=C(N)C2(C#N)C(c3cc(OC)cc(OC)c3)C12C#N. The topological polar surface area (TPSA) is 104 Å². The van der Waals surface area contributed by atoms with Gasteiger partial charge in [-0.05, 0) is 42.0 Å². The molecule has 6 nitrogen and oxygen atoms in total. The van der Waals surface area contributed by atoms with E-state index in [1.165, 1.54) is 0 Å². The molecule has 0 amide bonds. The summed E-state index contributed by atoms with van der Waals surface area (Å²) >= 11 is 3.28. The lowest BCUT2D eigenvalue weighted by molar-refractivity contribution is 0.393. The minimum atomic E-state index is -1.14. The lowest BCUT2D eigenvalue weighted by Gasteiger charge is -2.32. The first-order chi connectivity index (χ1) is 14.0. The highest BCUT2D eigenvalue weighted by Crippen LogP contribution is 2.85. The zero-order valence-corrected chi connectivity index (χ0v) is 18.8. The summed E-state index contributed by atoms with van der Waals surface area (Å²) in [6.45, 7) is 4.20. The maximum absolute atomic E-state index is 10.5. The van der Waals surface area contributed by atoms with Crippen molar-refractivity contribution in [2.24, 2.45) is 21.6 Å². The van der Waals surface area contributed by atoms with Crippen molar-refractivity contribution in [3.05, 3.63) is 23.8 Å². The van der Waals surface area contributed by atoms with Crippen LogP contribution in [-0.4, -0.2) is 35.8 Å². The molecule has 1 fully saturated rings. The molecule has 1 aliphatic carbocycles.